The molecule has 104 valence electrons. The third-order valence-electron chi connectivity index (χ3n) is 3.57. The van der Waals surface area contributed by atoms with Crippen LogP contribution < -0.4 is 10.6 Å². The van der Waals surface area contributed by atoms with Gasteiger partial charge in [0.15, 0.2) is 0 Å². The standard InChI is InChI=1S/C15H23N3O/c19-15(14-9-4-5-10-17-14)18-12-6-11-16-13-7-2-1-3-8-13/h4-5,9-10,13,16H,1-3,6-8,11-12H2,(H,18,19). The molecular weight excluding hydrogens is 238 g/mol. The first-order chi connectivity index (χ1) is 9.36. The van der Waals surface area contributed by atoms with E-state index < -0.39 is 0 Å². The minimum atomic E-state index is -0.0849. The number of amides is 1. The molecule has 0 atom stereocenters. The highest BCUT2D eigenvalue weighted by molar-refractivity contribution is 5.92. The molecule has 1 aliphatic carbocycles. The number of hydrogen-bond donors (Lipinski definition) is 2. The average Bonchev–Trinajstić information content (AvgIpc) is 2.49. The SMILES string of the molecule is O=C(NCCCNC1CCCCC1)c1ccccn1. The van der Waals surface area contributed by atoms with E-state index in [1.807, 2.05) is 12.1 Å². The summed E-state index contributed by atoms with van der Waals surface area (Å²) in [6.45, 7) is 1.68. The Morgan fingerprint density at radius 2 is 2.05 bits per heavy atom. The minimum Gasteiger partial charge on any atom is -0.351 e. The van der Waals surface area contributed by atoms with Crippen molar-refractivity contribution >= 4 is 5.91 Å². The van der Waals surface area contributed by atoms with Gasteiger partial charge in [-0.05, 0) is 37.9 Å². The van der Waals surface area contributed by atoms with Gasteiger partial charge in [0.1, 0.15) is 5.69 Å². The highest BCUT2D eigenvalue weighted by atomic mass is 16.1. The number of nitrogens with one attached hydrogen (secondary N) is 2. The van der Waals surface area contributed by atoms with Crippen LogP contribution in [0.3, 0.4) is 0 Å². The predicted octanol–water partition coefficient (Wildman–Crippen LogP) is 2.12. The van der Waals surface area contributed by atoms with E-state index in [9.17, 15) is 4.79 Å². The molecular formula is C15H23N3O. The topological polar surface area (TPSA) is 54.0 Å². The molecule has 0 bridgehead atoms. The van der Waals surface area contributed by atoms with E-state index in [-0.39, 0.29) is 5.91 Å². The molecule has 0 aliphatic heterocycles. The Labute approximate surface area is 115 Å². The molecule has 1 fully saturated rings. The first-order valence-corrected chi connectivity index (χ1v) is 7.29. The van der Waals surface area contributed by atoms with Crippen molar-refractivity contribution in [1.82, 2.24) is 15.6 Å². The molecule has 2 rings (SSSR count). The van der Waals surface area contributed by atoms with Crippen molar-refractivity contribution in [3.05, 3.63) is 30.1 Å². The van der Waals surface area contributed by atoms with E-state index in [0.717, 1.165) is 13.0 Å². The van der Waals surface area contributed by atoms with Gasteiger partial charge in [0.05, 0.1) is 0 Å². The fourth-order valence-corrected chi connectivity index (χ4v) is 2.49. The molecule has 2 N–H and O–H groups in total. The number of nitrogens with zero attached hydrogens (tertiary/aromatic N) is 1. The second-order valence-corrected chi connectivity index (χ2v) is 5.11. The number of carbonyl (C=O) groups excluding carboxylic acids is 1. The summed E-state index contributed by atoms with van der Waals surface area (Å²) in [5, 5.41) is 6.46. The normalized spacial score (nSPS) is 16.2. The van der Waals surface area contributed by atoms with Crippen LogP contribution in [0.2, 0.25) is 0 Å². The third-order valence-corrected chi connectivity index (χ3v) is 3.57. The Morgan fingerprint density at radius 3 is 2.79 bits per heavy atom. The van der Waals surface area contributed by atoms with Crippen molar-refractivity contribution in [2.45, 2.75) is 44.6 Å². The number of carbonyl (C=O) groups is 1. The molecule has 1 heterocycles. The highest BCUT2D eigenvalue weighted by Crippen LogP contribution is 2.17. The highest BCUT2D eigenvalue weighted by Gasteiger charge is 2.11. The lowest BCUT2D eigenvalue weighted by molar-refractivity contribution is 0.0948. The van der Waals surface area contributed by atoms with Crippen LogP contribution in [0.5, 0.6) is 0 Å². The van der Waals surface area contributed by atoms with E-state index in [0.29, 0.717) is 18.3 Å². The van der Waals surface area contributed by atoms with Crippen LogP contribution in [0.15, 0.2) is 24.4 Å². The first-order valence-electron chi connectivity index (χ1n) is 7.29. The van der Waals surface area contributed by atoms with Crippen molar-refractivity contribution < 1.29 is 4.79 Å². The van der Waals surface area contributed by atoms with Gasteiger partial charge in [-0.3, -0.25) is 9.78 Å². The quantitative estimate of drug-likeness (QED) is 0.771. The Morgan fingerprint density at radius 1 is 1.21 bits per heavy atom. The second kappa shape index (κ2) is 7.89. The Hall–Kier alpha value is -1.42. The van der Waals surface area contributed by atoms with Crippen LogP contribution in [0.4, 0.5) is 0 Å². The summed E-state index contributed by atoms with van der Waals surface area (Å²) in [4.78, 5) is 15.7. The summed E-state index contributed by atoms with van der Waals surface area (Å²) < 4.78 is 0. The van der Waals surface area contributed by atoms with E-state index in [4.69, 9.17) is 0 Å². The zero-order valence-electron chi connectivity index (χ0n) is 11.4. The van der Waals surface area contributed by atoms with Crippen molar-refractivity contribution in [3.63, 3.8) is 0 Å². The largest absolute Gasteiger partial charge is 0.351 e. The summed E-state index contributed by atoms with van der Waals surface area (Å²) in [5.41, 5.74) is 0.489. The second-order valence-electron chi connectivity index (χ2n) is 5.11. The zero-order chi connectivity index (χ0) is 13.3. The van der Waals surface area contributed by atoms with E-state index in [1.165, 1.54) is 32.1 Å². The minimum absolute atomic E-state index is 0.0849. The summed E-state index contributed by atoms with van der Waals surface area (Å²) in [6, 6.07) is 6.06. The molecule has 1 amide bonds. The van der Waals surface area contributed by atoms with Crippen LogP contribution in [-0.4, -0.2) is 30.0 Å². The Balaban J connectivity index is 1.55. The molecule has 0 radical (unpaired) electrons. The van der Waals surface area contributed by atoms with Gasteiger partial charge in [-0.1, -0.05) is 25.3 Å². The molecule has 0 aromatic carbocycles. The van der Waals surface area contributed by atoms with E-state index in [1.54, 1.807) is 12.3 Å². The van der Waals surface area contributed by atoms with Crippen LogP contribution >= 0.6 is 0 Å². The van der Waals surface area contributed by atoms with Gasteiger partial charge < -0.3 is 10.6 Å². The van der Waals surface area contributed by atoms with Crippen LogP contribution in [0.25, 0.3) is 0 Å². The molecule has 0 spiro atoms. The van der Waals surface area contributed by atoms with Crippen LogP contribution in [-0.2, 0) is 0 Å². The maximum Gasteiger partial charge on any atom is 0.269 e. The van der Waals surface area contributed by atoms with Crippen molar-refractivity contribution in [2.75, 3.05) is 13.1 Å². The maximum absolute atomic E-state index is 11.7. The molecule has 1 aromatic heterocycles. The van der Waals surface area contributed by atoms with Gasteiger partial charge in [0, 0.05) is 18.8 Å². The molecule has 19 heavy (non-hydrogen) atoms. The number of rotatable bonds is 6. The van der Waals surface area contributed by atoms with Crippen LogP contribution in [0.1, 0.15) is 49.0 Å². The Bertz CT molecular complexity index is 374. The number of hydrogen-bond acceptors (Lipinski definition) is 3. The number of pyridine rings is 1. The number of aromatic nitrogens is 1. The lowest BCUT2D eigenvalue weighted by Crippen LogP contribution is -2.34. The molecule has 1 aliphatic rings. The van der Waals surface area contributed by atoms with Gasteiger partial charge in [0.2, 0.25) is 0 Å². The van der Waals surface area contributed by atoms with Crippen LogP contribution in [0, 0.1) is 0 Å². The molecule has 4 heteroatoms. The van der Waals surface area contributed by atoms with E-state index >= 15 is 0 Å². The molecule has 4 nitrogen and oxygen atoms in total. The van der Waals surface area contributed by atoms with Gasteiger partial charge in [-0.15, -0.1) is 0 Å². The average molecular weight is 261 g/mol. The lowest BCUT2D eigenvalue weighted by Gasteiger charge is -2.22. The molecule has 0 saturated heterocycles. The van der Waals surface area contributed by atoms with Crippen molar-refractivity contribution in [2.24, 2.45) is 0 Å². The van der Waals surface area contributed by atoms with E-state index in [2.05, 4.69) is 15.6 Å². The zero-order valence-corrected chi connectivity index (χ0v) is 11.4. The van der Waals surface area contributed by atoms with Gasteiger partial charge in [-0.2, -0.15) is 0 Å². The third kappa shape index (κ3) is 4.99. The van der Waals surface area contributed by atoms with Crippen molar-refractivity contribution in [3.8, 4) is 0 Å². The lowest BCUT2D eigenvalue weighted by atomic mass is 9.95. The van der Waals surface area contributed by atoms with Crippen molar-refractivity contribution in [1.29, 1.82) is 0 Å². The van der Waals surface area contributed by atoms with Gasteiger partial charge >= 0.3 is 0 Å². The smallest absolute Gasteiger partial charge is 0.269 e. The molecule has 1 saturated carbocycles. The van der Waals surface area contributed by atoms with Gasteiger partial charge in [0.25, 0.3) is 5.91 Å². The predicted molar refractivity (Wildman–Crippen MR) is 76.1 cm³/mol. The summed E-state index contributed by atoms with van der Waals surface area (Å²) >= 11 is 0. The van der Waals surface area contributed by atoms with Gasteiger partial charge in [-0.25, -0.2) is 0 Å². The summed E-state index contributed by atoms with van der Waals surface area (Å²) in [5.74, 6) is -0.0849. The summed E-state index contributed by atoms with van der Waals surface area (Å²) in [6.07, 6.45) is 9.32. The fourth-order valence-electron chi connectivity index (χ4n) is 2.49. The molecule has 0 unspecified atom stereocenters. The fraction of sp³-hybridized carbons (Fsp3) is 0.600. The summed E-state index contributed by atoms with van der Waals surface area (Å²) in [7, 11) is 0. The molecule has 1 aromatic rings. The first kappa shape index (κ1) is 14.0. The monoisotopic (exact) mass is 261 g/mol. The Kier molecular flexibility index (Phi) is 5.82. The maximum atomic E-state index is 11.7.